The van der Waals surface area contributed by atoms with Gasteiger partial charge in [0.1, 0.15) is 11.4 Å². The number of hydrogen-bond donors (Lipinski definition) is 2. The molecule has 0 saturated carbocycles. The number of nitrogens with one attached hydrogen (secondary N) is 2. The summed E-state index contributed by atoms with van der Waals surface area (Å²) >= 11 is 0. The van der Waals surface area contributed by atoms with Crippen LogP contribution in [0.5, 0.6) is 0 Å². The van der Waals surface area contributed by atoms with E-state index in [1.807, 2.05) is 61.5 Å². The monoisotopic (exact) mass is 439 g/mol. The summed E-state index contributed by atoms with van der Waals surface area (Å²) in [6.45, 7) is 0. The van der Waals surface area contributed by atoms with E-state index in [1.54, 1.807) is 36.8 Å². The summed E-state index contributed by atoms with van der Waals surface area (Å²) in [5.74, 6) is 1.17. The normalized spacial score (nSPS) is 10.8. The highest BCUT2D eigenvalue weighted by molar-refractivity contribution is 6.01. The first-order valence-electron chi connectivity index (χ1n) is 10.3. The van der Waals surface area contributed by atoms with Crippen LogP contribution in [0.15, 0.2) is 88.1 Å². The van der Waals surface area contributed by atoms with Crippen LogP contribution in [0, 0.1) is 0 Å². The molecule has 0 fully saturated rings. The molecule has 8 nitrogen and oxygen atoms in total. The summed E-state index contributed by atoms with van der Waals surface area (Å²) in [6, 6.07) is 19.8. The largest absolute Gasteiger partial charge is 0.463 e. The van der Waals surface area contributed by atoms with Gasteiger partial charge in [0.25, 0.3) is 0 Å². The summed E-state index contributed by atoms with van der Waals surface area (Å²) < 4.78 is 11.1. The van der Waals surface area contributed by atoms with Crippen LogP contribution in [-0.2, 0) is 0 Å². The average molecular weight is 439 g/mol. The lowest BCUT2D eigenvalue weighted by Crippen LogP contribution is -2.19. The number of furan rings is 2. The van der Waals surface area contributed by atoms with Crippen LogP contribution in [0.3, 0.4) is 0 Å². The summed E-state index contributed by atoms with van der Waals surface area (Å²) in [5.41, 5.74) is 4.77. The Balaban J connectivity index is 1.42. The van der Waals surface area contributed by atoms with Crippen molar-refractivity contribution >= 4 is 34.1 Å². The lowest BCUT2D eigenvalue weighted by molar-refractivity contribution is 0.262. The van der Waals surface area contributed by atoms with Gasteiger partial charge in [-0.25, -0.2) is 14.8 Å². The smallest absolute Gasteiger partial charge is 0.323 e. The Morgan fingerprint density at radius 1 is 0.758 bits per heavy atom. The third kappa shape index (κ3) is 4.27. The lowest BCUT2D eigenvalue weighted by Gasteiger charge is -2.13. The highest BCUT2D eigenvalue weighted by Gasteiger charge is 2.17. The Morgan fingerprint density at radius 3 is 1.91 bits per heavy atom. The van der Waals surface area contributed by atoms with E-state index < -0.39 is 0 Å². The Kier molecular flexibility index (Phi) is 5.24. The van der Waals surface area contributed by atoms with Crippen LogP contribution < -0.4 is 15.5 Å². The highest BCUT2D eigenvalue weighted by atomic mass is 16.3. The Morgan fingerprint density at radius 2 is 1.33 bits per heavy atom. The summed E-state index contributed by atoms with van der Waals surface area (Å²) in [6.07, 6.45) is 3.17. The van der Waals surface area contributed by atoms with Crippen LogP contribution in [0.2, 0.25) is 0 Å². The van der Waals surface area contributed by atoms with E-state index in [0.717, 1.165) is 5.69 Å². The van der Waals surface area contributed by atoms with Crippen molar-refractivity contribution in [3.8, 4) is 22.9 Å². The zero-order valence-corrected chi connectivity index (χ0v) is 18.1. The van der Waals surface area contributed by atoms with Gasteiger partial charge in [-0.3, -0.25) is 0 Å². The number of carbonyl (C=O) groups excluding carboxylic acids is 1. The van der Waals surface area contributed by atoms with Crippen molar-refractivity contribution in [2.24, 2.45) is 0 Å². The second-order valence-corrected chi connectivity index (χ2v) is 7.60. The molecule has 3 heterocycles. The number of rotatable bonds is 5. The van der Waals surface area contributed by atoms with Gasteiger partial charge >= 0.3 is 6.03 Å². The van der Waals surface area contributed by atoms with Crippen molar-refractivity contribution in [2.45, 2.75) is 0 Å². The molecular weight excluding hydrogens is 418 g/mol. The molecule has 2 N–H and O–H groups in total. The molecule has 0 aliphatic carbocycles. The van der Waals surface area contributed by atoms with Crippen molar-refractivity contribution in [2.75, 3.05) is 29.6 Å². The van der Waals surface area contributed by atoms with E-state index in [1.165, 1.54) is 0 Å². The minimum Gasteiger partial charge on any atom is -0.463 e. The van der Waals surface area contributed by atoms with Crippen LogP contribution >= 0.6 is 0 Å². The van der Waals surface area contributed by atoms with Crippen LogP contribution in [0.25, 0.3) is 33.9 Å². The van der Waals surface area contributed by atoms with Crippen molar-refractivity contribution < 1.29 is 13.6 Å². The summed E-state index contributed by atoms with van der Waals surface area (Å²) in [4.78, 5) is 24.0. The van der Waals surface area contributed by atoms with Gasteiger partial charge in [-0.2, -0.15) is 0 Å². The van der Waals surface area contributed by atoms with Gasteiger partial charge in [0.05, 0.1) is 23.6 Å². The molecule has 0 aliphatic heterocycles. The topological polar surface area (TPSA) is 96.4 Å². The van der Waals surface area contributed by atoms with E-state index in [0.29, 0.717) is 45.3 Å². The molecule has 0 spiro atoms. The van der Waals surface area contributed by atoms with E-state index in [-0.39, 0.29) is 6.03 Å². The number of anilines is 3. The molecule has 164 valence electrons. The van der Waals surface area contributed by atoms with Gasteiger partial charge in [0.15, 0.2) is 11.5 Å². The quantitative estimate of drug-likeness (QED) is 0.356. The van der Waals surface area contributed by atoms with Crippen molar-refractivity contribution in [1.82, 2.24) is 9.97 Å². The number of hydrogen-bond acceptors (Lipinski definition) is 6. The fourth-order valence-corrected chi connectivity index (χ4v) is 3.44. The lowest BCUT2D eigenvalue weighted by atomic mass is 10.1. The van der Waals surface area contributed by atoms with Crippen LogP contribution in [0.1, 0.15) is 0 Å². The number of nitrogens with zero attached hydrogens (tertiary/aromatic N) is 3. The number of fused-ring (bicyclic) bond motifs is 1. The number of urea groups is 1. The second kappa shape index (κ2) is 8.51. The number of carbonyl (C=O) groups is 1. The van der Waals surface area contributed by atoms with Crippen LogP contribution in [-0.4, -0.2) is 30.1 Å². The minimum absolute atomic E-state index is 0.349. The number of amides is 2. The first kappa shape index (κ1) is 20.3. The molecule has 3 aromatic heterocycles. The summed E-state index contributed by atoms with van der Waals surface area (Å²) in [7, 11) is 3.93. The SMILES string of the molecule is CN(C)c1ccc(NC(=O)Nc2ccc3nc(-c4ccco4)c(-c4ccco4)nc3c2)cc1. The Bertz CT molecular complexity index is 1390. The summed E-state index contributed by atoms with van der Waals surface area (Å²) in [5, 5.41) is 5.68. The zero-order valence-electron chi connectivity index (χ0n) is 18.1. The van der Waals surface area contributed by atoms with Crippen molar-refractivity contribution in [1.29, 1.82) is 0 Å². The first-order valence-corrected chi connectivity index (χ1v) is 10.3. The molecule has 5 aromatic rings. The Hall–Kier alpha value is -4.59. The predicted molar refractivity (Wildman–Crippen MR) is 128 cm³/mol. The minimum atomic E-state index is -0.349. The van der Waals surface area contributed by atoms with Gasteiger partial charge in [0.2, 0.25) is 0 Å². The zero-order chi connectivity index (χ0) is 22.8. The maximum absolute atomic E-state index is 12.5. The first-order chi connectivity index (χ1) is 16.1. The van der Waals surface area contributed by atoms with Crippen molar-refractivity contribution in [3.05, 3.63) is 79.3 Å². The standard InChI is InChI=1S/C25H21N5O3/c1-30(2)18-10-7-16(8-11-18)26-25(31)27-17-9-12-19-20(15-17)29-24(22-6-4-14-33-22)23(28-19)21-5-3-13-32-21/h3-15H,1-2H3,(H2,26,27,31). The molecule has 0 saturated heterocycles. The fourth-order valence-electron chi connectivity index (χ4n) is 3.44. The fraction of sp³-hybridized carbons (Fsp3) is 0.0800. The molecule has 8 heteroatoms. The molecule has 0 unspecified atom stereocenters. The third-order valence-electron chi connectivity index (χ3n) is 5.07. The maximum Gasteiger partial charge on any atom is 0.323 e. The Labute approximate surface area is 189 Å². The average Bonchev–Trinajstić information content (AvgIpc) is 3.53. The molecule has 5 rings (SSSR count). The van der Waals surface area contributed by atoms with Crippen LogP contribution in [0.4, 0.5) is 21.9 Å². The van der Waals surface area contributed by atoms with Gasteiger partial charge in [0, 0.05) is 31.2 Å². The van der Waals surface area contributed by atoms with Crippen molar-refractivity contribution in [3.63, 3.8) is 0 Å². The highest BCUT2D eigenvalue weighted by Crippen LogP contribution is 2.32. The van der Waals surface area contributed by atoms with E-state index >= 15 is 0 Å². The third-order valence-corrected chi connectivity index (χ3v) is 5.07. The molecule has 2 aromatic carbocycles. The molecule has 33 heavy (non-hydrogen) atoms. The second-order valence-electron chi connectivity index (χ2n) is 7.60. The van der Waals surface area contributed by atoms with Gasteiger partial charge in [-0.1, -0.05) is 0 Å². The van der Waals surface area contributed by atoms with Gasteiger partial charge in [-0.05, 0) is 66.7 Å². The molecular formula is C25H21N5O3. The maximum atomic E-state index is 12.5. The van der Waals surface area contributed by atoms with E-state index in [4.69, 9.17) is 18.8 Å². The molecule has 0 aliphatic rings. The molecule has 0 atom stereocenters. The van der Waals surface area contributed by atoms with Gasteiger partial charge in [-0.15, -0.1) is 0 Å². The predicted octanol–water partition coefficient (Wildman–Crippen LogP) is 5.86. The number of benzene rings is 2. The molecule has 2 amide bonds. The van der Waals surface area contributed by atoms with E-state index in [9.17, 15) is 4.79 Å². The number of aromatic nitrogens is 2. The molecule has 0 bridgehead atoms. The van der Waals surface area contributed by atoms with Gasteiger partial charge < -0.3 is 24.4 Å². The molecule has 0 radical (unpaired) electrons. The van der Waals surface area contributed by atoms with E-state index in [2.05, 4.69) is 10.6 Å².